The molecule has 0 aliphatic rings. The molecule has 104 valence electrons. The van der Waals surface area contributed by atoms with Crippen molar-refractivity contribution in [2.24, 2.45) is 11.3 Å². The van der Waals surface area contributed by atoms with Gasteiger partial charge in [0.2, 0.25) is 0 Å². The summed E-state index contributed by atoms with van der Waals surface area (Å²) in [6.07, 6.45) is 8.60. The van der Waals surface area contributed by atoms with Crippen molar-refractivity contribution in [3.63, 3.8) is 0 Å². The molecule has 18 heavy (non-hydrogen) atoms. The molecule has 4 heteroatoms. The van der Waals surface area contributed by atoms with Crippen molar-refractivity contribution in [3.05, 3.63) is 5.82 Å². The number of nitrogens with one attached hydrogen (secondary N) is 1. The molecule has 1 aromatic rings. The van der Waals surface area contributed by atoms with Crippen molar-refractivity contribution in [3.8, 4) is 0 Å². The highest BCUT2D eigenvalue weighted by Gasteiger charge is 2.28. The lowest BCUT2D eigenvalue weighted by molar-refractivity contribution is 0.166. The first-order chi connectivity index (χ1) is 8.60. The second kappa shape index (κ2) is 7.49. The van der Waals surface area contributed by atoms with Crippen LogP contribution in [0.15, 0.2) is 0 Å². The van der Waals surface area contributed by atoms with Crippen molar-refractivity contribution in [1.29, 1.82) is 0 Å². The van der Waals surface area contributed by atoms with Crippen molar-refractivity contribution >= 4 is 0 Å². The summed E-state index contributed by atoms with van der Waals surface area (Å²) in [5.41, 5.74) is 0.424. The number of aromatic nitrogens is 4. The van der Waals surface area contributed by atoms with Crippen LogP contribution in [0.3, 0.4) is 0 Å². The number of nitrogens with zero attached hydrogens (tertiary/aromatic N) is 3. The van der Waals surface area contributed by atoms with E-state index in [1.165, 1.54) is 38.5 Å². The third kappa shape index (κ3) is 4.75. The van der Waals surface area contributed by atoms with E-state index >= 15 is 0 Å². The number of tetrazole rings is 1. The zero-order valence-electron chi connectivity index (χ0n) is 12.4. The zero-order valence-corrected chi connectivity index (χ0v) is 12.4. The van der Waals surface area contributed by atoms with Gasteiger partial charge in [-0.15, -0.1) is 10.2 Å². The first-order valence-electron chi connectivity index (χ1n) is 7.32. The molecule has 1 atom stereocenters. The summed E-state index contributed by atoms with van der Waals surface area (Å²) in [6.45, 7) is 9.36. The molecule has 4 nitrogen and oxygen atoms in total. The second-order valence-electron chi connectivity index (χ2n) is 5.94. The topological polar surface area (TPSA) is 54.5 Å². The second-order valence-corrected chi connectivity index (χ2v) is 5.94. The summed E-state index contributed by atoms with van der Waals surface area (Å²) >= 11 is 0. The van der Waals surface area contributed by atoms with Gasteiger partial charge in [-0.25, -0.2) is 0 Å². The van der Waals surface area contributed by atoms with E-state index < -0.39 is 0 Å². The van der Waals surface area contributed by atoms with Crippen LogP contribution < -0.4 is 0 Å². The summed E-state index contributed by atoms with van der Waals surface area (Å²) in [6, 6.07) is 0. The van der Waals surface area contributed by atoms with Gasteiger partial charge < -0.3 is 0 Å². The average molecular weight is 252 g/mol. The van der Waals surface area contributed by atoms with Gasteiger partial charge in [0, 0.05) is 6.42 Å². The number of hydrogen-bond acceptors (Lipinski definition) is 3. The van der Waals surface area contributed by atoms with Crippen LogP contribution in [0.2, 0.25) is 0 Å². The van der Waals surface area contributed by atoms with Crippen molar-refractivity contribution in [2.45, 2.75) is 72.6 Å². The lowest BCUT2D eigenvalue weighted by atomic mass is 9.71. The Kier molecular flexibility index (Phi) is 6.30. The molecule has 1 aromatic heterocycles. The quantitative estimate of drug-likeness (QED) is 0.728. The number of unbranched alkanes of at least 4 members (excludes halogenated alkanes) is 1. The molecule has 0 spiro atoms. The first-order valence-corrected chi connectivity index (χ1v) is 7.32. The Bertz CT molecular complexity index is 306. The van der Waals surface area contributed by atoms with Crippen LogP contribution in [0.4, 0.5) is 0 Å². The smallest absolute Gasteiger partial charge is 0.174 e. The predicted molar refractivity (Wildman–Crippen MR) is 74.2 cm³/mol. The van der Waals surface area contributed by atoms with E-state index in [2.05, 4.69) is 48.3 Å². The fourth-order valence-corrected chi connectivity index (χ4v) is 2.82. The molecule has 0 saturated carbocycles. The third-order valence-electron chi connectivity index (χ3n) is 4.01. The molecule has 0 amide bonds. The van der Waals surface area contributed by atoms with E-state index in [0.717, 1.165) is 18.2 Å². The van der Waals surface area contributed by atoms with Crippen molar-refractivity contribution < 1.29 is 0 Å². The fraction of sp³-hybridized carbons (Fsp3) is 0.929. The molecule has 0 unspecified atom stereocenters. The van der Waals surface area contributed by atoms with Crippen LogP contribution in [0.25, 0.3) is 0 Å². The van der Waals surface area contributed by atoms with E-state index in [1.54, 1.807) is 0 Å². The number of aromatic amines is 1. The molecule has 0 bridgehead atoms. The number of aryl methyl sites for hydroxylation is 1. The van der Waals surface area contributed by atoms with E-state index in [9.17, 15) is 0 Å². The van der Waals surface area contributed by atoms with Crippen LogP contribution in [0.1, 0.15) is 72.0 Å². The SMILES string of the molecule is CCCC[C@@H](CCc1nn[nH]n1)C(C)(C)CCC. The van der Waals surface area contributed by atoms with Crippen molar-refractivity contribution in [1.82, 2.24) is 20.6 Å². The summed E-state index contributed by atoms with van der Waals surface area (Å²) in [4.78, 5) is 0. The maximum atomic E-state index is 4.05. The van der Waals surface area contributed by atoms with Crippen LogP contribution in [0.5, 0.6) is 0 Å². The Morgan fingerprint density at radius 3 is 2.50 bits per heavy atom. The van der Waals surface area contributed by atoms with Crippen LogP contribution in [0, 0.1) is 11.3 Å². The minimum absolute atomic E-state index is 0.424. The molecule has 0 radical (unpaired) electrons. The summed E-state index contributed by atoms with van der Waals surface area (Å²) in [5.74, 6) is 1.61. The predicted octanol–water partition coefficient (Wildman–Crippen LogP) is 3.77. The highest BCUT2D eigenvalue weighted by molar-refractivity contribution is 4.83. The van der Waals surface area contributed by atoms with Gasteiger partial charge in [0.25, 0.3) is 0 Å². The van der Waals surface area contributed by atoms with Crippen LogP contribution in [-0.2, 0) is 6.42 Å². The largest absolute Gasteiger partial charge is 0.177 e. The zero-order chi connectivity index (χ0) is 13.4. The first kappa shape index (κ1) is 15.1. The number of hydrogen-bond donors (Lipinski definition) is 1. The van der Waals surface area contributed by atoms with Gasteiger partial charge in [0.15, 0.2) is 5.82 Å². The van der Waals surface area contributed by atoms with E-state index in [1.807, 2.05) is 0 Å². The van der Waals surface area contributed by atoms with Gasteiger partial charge in [0.1, 0.15) is 0 Å². The molecule has 0 aliphatic heterocycles. The Morgan fingerprint density at radius 1 is 1.17 bits per heavy atom. The Labute approximate surface area is 111 Å². The molecule has 1 N–H and O–H groups in total. The van der Waals surface area contributed by atoms with Gasteiger partial charge in [-0.05, 0) is 30.6 Å². The molecule has 1 rings (SSSR count). The van der Waals surface area contributed by atoms with Gasteiger partial charge in [-0.1, -0.05) is 52.2 Å². The summed E-state index contributed by atoms with van der Waals surface area (Å²) < 4.78 is 0. The van der Waals surface area contributed by atoms with E-state index in [-0.39, 0.29) is 0 Å². The van der Waals surface area contributed by atoms with Gasteiger partial charge >= 0.3 is 0 Å². The summed E-state index contributed by atoms with van der Waals surface area (Å²) in [5, 5.41) is 14.3. The minimum atomic E-state index is 0.424. The molecule has 0 aromatic carbocycles. The lowest BCUT2D eigenvalue weighted by Crippen LogP contribution is -2.25. The molecular weight excluding hydrogens is 224 g/mol. The van der Waals surface area contributed by atoms with Crippen LogP contribution in [-0.4, -0.2) is 20.6 Å². The van der Waals surface area contributed by atoms with E-state index in [0.29, 0.717) is 5.41 Å². The minimum Gasteiger partial charge on any atom is -0.177 e. The molecular formula is C14H28N4. The third-order valence-corrected chi connectivity index (χ3v) is 4.01. The van der Waals surface area contributed by atoms with Gasteiger partial charge in [-0.2, -0.15) is 5.21 Å². The Morgan fingerprint density at radius 2 is 1.94 bits per heavy atom. The highest BCUT2D eigenvalue weighted by atomic mass is 15.5. The van der Waals surface area contributed by atoms with E-state index in [4.69, 9.17) is 0 Å². The Hall–Kier alpha value is -0.930. The maximum absolute atomic E-state index is 4.05. The van der Waals surface area contributed by atoms with Gasteiger partial charge in [0.05, 0.1) is 0 Å². The Balaban J connectivity index is 2.54. The lowest BCUT2D eigenvalue weighted by Gasteiger charge is -2.34. The normalized spacial score (nSPS) is 13.8. The number of rotatable bonds is 9. The molecule has 0 aliphatic carbocycles. The summed E-state index contributed by atoms with van der Waals surface area (Å²) in [7, 11) is 0. The maximum Gasteiger partial charge on any atom is 0.174 e. The van der Waals surface area contributed by atoms with Crippen LogP contribution >= 0.6 is 0 Å². The van der Waals surface area contributed by atoms with Gasteiger partial charge in [-0.3, -0.25) is 0 Å². The van der Waals surface area contributed by atoms with Crippen molar-refractivity contribution in [2.75, 3.05) is 0 Å². The monoisotopic (exact) mass is 252 g/mol. The molecule has 0 fully saturated rings. The molecule has 0 saturated heterocycles. The highest BCUT2D eigenvalue weighted by Crippen LogP contribution is 2.38. The average Bonchev–Trinajstić information content (AvgIpc) is 2.81. The number of H-pyrrole nitrogens is 1. The standard InChI is InChI=1S/C14H28N4/c1-5-7-8-12(14(3,4)11-6-2)9-10-13-15-17-18-16-13/h12H,5-11H2,1-4H3,(H,15,16,17,18)/t12-/m0/s1. The fourth-order valence-electron chi connectivity index (χ4n) is 2.82. The molecule has 1 heterocycles.